The molecule has 0 atom stereocenters. The minimum atomic E-state index is 0.620. The zero-order valence-electron chi connectivity index (χ0n) is 9.28. The summed E-state index contributed by atoms with van der Waals surface area (Å²) in [5, 5.41) is 0.768. The number of pyridine rings is 1. The number of methoxy groups -OCH3 is 1. The van der Waals surface area contributed by atoms with Gasteiger partial charge in [0.1, 0.15) is 0 Å². The molecule has 0 spiro atoms. The summed E-state index contributed by atoms with van der Waals surface area (Å²) < 4.78 is 6.04. The molecule has 4 heteroatoms. The Morgan fingerprint density at radius 1 is 1.29 bits per heavy atom. The van der Waals surface area contributed by atoms with E-state index in [0.717, 1.165) is 27.0 Å². The fourth-order valence-corrected chi connectivity index (χ4v) is 2.13. The van der Waals surface area contributed by atoms with Crippen molar-refractivity contribution in [3.8, 4) is 5.88 Å². The van der Waals surface area contributed by atoms with E-state index >= 15 is 0 Å². The van der Waals surface area contributed by atoms with E-state index in [4.69, 9.17) is 16.3 Å². The number of rotatable bonds is 3. The van der Waals surface area contributed by atoms with E-state index in [1.165, 1.54) is 0 Å². The summed E-state index contributed by atoms with van der Waals surface area (Å²) in [5.74, 6) is 0.620. The largest absolute Gasteiger partial charge is 0.481 e. The maximum absolute atomic E-state index is 6.14. The number of ether oxygens (including phenoxy) is 1. The van der Waals surface area contributed by atoms with E-state index in [2.05, 4.69) is 20.9 Å². The molecule has 0 amide bonds. The van der Waals surface area contributed by atoms with E-state index in [-0.39, 0.29) is 0 Å². The van der Waals surface area contributed by atoms with Crippen LogP contribution in [0.25, 0.3) is 0 Å². The molecule has 2 rings (SSSR count). The summed E-state index contributed by atoms with van der Waals surface area (Å²) in [6.45, 7) is 0. The molecule has 0 bridgehead atoms. The van der Waals surface area contributed by atoms with Crippen LogP contribution in [-0.4, -0.2) is 12.1 Å². The average Bonchev–Trinajstić information content (AvgIpc) is 2.35. The second-order valence-corrected chi connectivity index (χ2v) is 4.94. The topological polar surface area (TPSA) is 22.1 Å². The molecule has 0 aliphatic rings. The summed E-state index contributed by atoms with van der Waals surface area (Å²) in [5.41, 5.74) is 2.18. The van der Waals surface area contributed by atoms with Crippen LogP contribution in [0, 0.1) is 0 Å². The second-order valence-electron chi connectivity index (χ2n) is 3.62. The van der Waals surface area contributed by atoms with Crippen LogP contribution in [-0.2, 0) is 6.42 Å². The van der Waals surface area contributed by atoms with Crippen LogP contribution >= 0.6 is 27.5 Å². The molecule has 17 heavy (non-hydrogen) atoms. The minimum Gasteiger partial charge on any atom is -0.481 e. The molecule has 1 aromatic heterocycles. The standard InChI is InChI=1S/C13H11BrClNO/c1-17-13-5-2-9(8-16-13)6-10-7-11(14)3-4-12(10)15/h2-5,7-8H,6H2,1H3. The van der Waals surface area contributed by atoms with Gasteiger partial charge in [-0.05, 0) is 29.3 Å². The smallest absolute Gasteiger partial charge is 0.212 e. The fourth-order valence-electron chi connectivity index (χ4n) is 1.53. The molecule has 88 valence electrons. The minimum absolute atomic E-state index is 0.620. The summed E-state index contributed by atoms with van der Waals surface area (Å²) in [6.07, 6.45) is 2.56. The number of benzene rings is 1. The molecule has 0 radical (unpaired) electrons. The van der Waals surface area contributed by atoms with E-state index in [1.54, 1.807) is 13.3 Å². The van der Waals surface area contributed by atoms with Gasteiger partial charge in [-0.25, -0.2) is 4.98 Å². The third-order valence-electron chi connectivity index (χ3n) is 2.41. The normalized spacial score (nSPS) is 10.3. The molecule has 2 aromatic rings. The molecule has 0 saturated heterocycles. The molecule has 0 N–H and O–H groups in total. The quantitative estimate of drug-likeness (QED) is 0.851. The van der Waals surface area contributed by atoms with Crippen LogP contribution in [0.2, 0.25) is 5.02 Å². The Morgan fingerprint density at radius 3 is 2.76 bits per heavy atom. The second kappa shape index (κ2) is 5.52. The Labute approximate surface area is 114 Å². The van der Waals surface area contributed by atoms with Crippen LogP contribution in [0.1, 0.15) is 11.1 Å². The molecule has 1 heterocycles. The lowest BCUT2D eigenvalue weighted by Gasteiger charge is -2.05. The molecule has 2 nitrogen and oxygen atoms in total. The van der Waals surface area contributed by atoms with Gasteiger partial charge in [0.2, 0.25) is 5.88 Å². The highest BCUT2D eigenvalue weighted by molar-refractivity contribution is 9.10. The van der Waals surface area contributed by atoms with E-state index in [0.29, 0.717) is 5.88 Å². The third-order valence-corrected chi connectivity index (χ3v) is 3.27. The first-order valence-corrected chi connectivity index (χ1v) is 6.29. The maximum atomic E-state index is 6.14. The molecule has 0 saturated carbocycles. The zero-order chi connectivity index (χ0) is 12.3. The van der Waals surface area contributed by atoms with Crippen molar-refractivity contribution in [2.24, 2.45) is 0 Å². The van der Waals surface area contributed by atoms with E-state index in [9.17, 15) is 0 Å². The molecule has 0 aliphatic carbocycles. The summed E-state index contributed by atoms with van der Waals surface area (Å²) in [4.78, 5) is 4.17. The number of aromatic nitrogens is 1. The zero-order valence-corrected chi connectivity index (χ0v) is 11.6. The highest BCUT2D eigenvalue weighted by Crippen LogP contribution is 2.23. The first kappa shape index (κ1) is 12.4. The summed E-state index contributed by atoms with van der Waals surface area (Å²) in [7, 11) is 1.60. The average molecular weight is 313 g/mol. The lowest BCUT2D eigenvalue weighted by atomic mass is 10.1. The Bertz CT molecular complexity index is 513. The van der Waals surface area contributed by atoms with Gasteiger partial charge in [-0.3, -0.25) is 0 Å². The Balaban J connectivity index is 2.22. The first-order valence-electron chi connectivity index (χ1n) is 5.12. The molecule has 0 fully saturated rings. The third kappa shape index (κ3) is 3.20. The molecule has 0 aliphatic heterocycles. The van der Waals surface area contributed by atoms with Gasteiger partial charge in [-0.1, -0.05) is 33.6 Å². The van der Waals surface area contributed by atoms with E-state index < -0.39 is 0 Å². The summed E-state index contributed by atoms with van der Waals surface area (Å²) >= 11 is 9.58. The van der Waals surface area contributed by atoms with Crippen molar-refractivity contribution in [3.05, 3.63) is 57.2 Å². The predicted molar refractivity (Wildman–Crippen MR) is 72.7 cm³/mol. The Morgan fingerprint density at radius 2 is 2.12 bits per heavy atom. The van der Waals surface area contributed by atoms with Gasteiger partial charge >= 0.3 is 0 Å². The number of hydrogen-bond acceptors (Lipinski definition) is 2. The number of hydrogen-bond donors (Lipinski definition) is 0. The highest BCUT2D eigenvalue weighted by atomic mass is 79.9. The van der Waals surface area contributed by atoms with Crippen molar-refractivity contribution in [2.45, 2.75) is 6.42 Å². The van der Waals surface area contributed by atoms with Gasteiger partial charge in [0, 0.05) is 28.2 Å². The van der Waals surface area contributed by atoms with E-state index in [1.807, 2.05) is 30.3 Å². The van der Waals surface area contributed by atoms with Gasteiger partial charge in [0.15, 0.2) is 0 Å². The maximum Gasteiger partial charge on any atom is 0.212 e. The van der Waals surface area contributed by atoms with Gasteiger partial charge in [-0.15, -0.1) is 0 Å². The van der Waals surface area contributed by atoms with Crippen LogP contribution in [0.5, 0.6) is 5.88 Å². The first-order chi connectivity index (χ1) is 8.19. The summed E-state index contributed by atoms with van der Waals surface area (Å²) in [6, 6.07) is 9.67. The van der Waals surface area contributed by atoms with Crippen molar-refractivity contribution in [2.75, 3.05) is 7.11 Å². The Hall–Kier alpha value is -1.06. The predicted octanol–water partition coefficient (Wildman–Crippen LogP) is 4.10. The lowest BCUT2D eigenvalue weighted by Crippen LogP contribution is -1.92. The molecular weight excluding hydrogens is 302 g/mol. The van der Waals surface area contributed by atoms with Crippen LogP contribution in [0.4, 0.5) is 0 Å². The molecule has 1 aromatic carbocycles. The van der Waals surface area contributed by atoms with Gasteiger partial charge < -0.3 is 4.74 Å². The van der Waals surface area contributed by atoms with Gasteiger partial charge in [0.25, 0.3) is 0 Å². The van der Waals surface area contributed by atoms with Crippen molar-refractivity contribution in [3.63, 3.8) is 0 Å². The van der Waals surface area contributed by atoms with Crippen molar-refractivity contribution in [1.29, 1.82) is 0 Å². The number of halogens is 2. The van der Waals surface area contributed by atoms with Gasteiger partial charge in [0.05, 0.1) is 7.11 Å². The van der Waals surface area contributed by atoms with Crippen molar-refractivity contribution < 1.29 is 4.74 Å². The van der Waals surface area contributed by atoms with Crippen LogP contribution < -0.4 is 4.74 Å². The Kier molecular flexibility index (Phi) is 4.02. The lowest BCUT2D eigenvalue weighted by molar-refractivity contribution is 0.397. The van der Waals surface area contributed by atoms with Crippen LogP contribution in [0.3, 0.4) is 0 Å². The molecular formula is C13H11BrClNO. The monoisotopic (exact) mass is 311 g/mol. The van der Waals surface area contributed by atoms with Crippen molar-refractivity contribution >= 4 is 27.5 Å². The van der Waals surface area contributed by atoms with Gasteiger partial charge in [-0.2, -0.15) is 0 Å². The highest BCUT2D eigenvalue weighted by Gasteiger charge is 2.03. The SMILES string of the molecule is COc1ccc(Cc2cc(Br)ccc2Cl)cn1. The fraction of sp³-hybridized carbons (Fsp3) is 0.154. The number of nitrogens with zero attached hydrogens (tertiary/aromatic N) is 1. The van der Waals surface area contributed by atoms with Crippen molar-refractivity contribution in [1.82, 2.24) is 4.98 Å². The molecule has 0 unspecified atom stereocenters. The van der Waals surface area contributed by atoms with Crippen LogP contribution in [0.15, 0.2) is 41.0 Å².